The molecule has 2 unspecified atom stereocenters. The minimum Gasteiger partial charge on any atom is -0.398 e. The van der Waals surface area contributed by atoms with E-state index in [0.29, 0.717) is 23.6 Å². The molecule has 3 saturated heterocycles. The van der Waals surface area contributed by atoms with E-state index in [4.69, 9.17) is 11.5 Å². The Balaban J connectivity index is 1.22. The molecule has 3 aliphatic rings. The summed E-state index contributed by atoms with van der Waals surface area (Å²) in [5.74, 6) is 0.481. The van der Waals surface area contributed by atoms with Crippen LogP contribution in [0.2, 0.25) is 0 Å². The number of aromatic nitrogens is 2. The zero-order valence-corrected chi connectivity index (χ0v) is 20.1. The van der Waals surface area contributed by atoms with Crippen LogP contribution in [0.25, 0.3) is 11.3 Å². The van der Waals surface area contributed by atoms with E-state index in [1.54, 1.807) is 0 Å². The molecule has 35 heavy (non-hydrogen) atoms. The molecule has 3 aromatic rings. The van der Waals surface area contributed by atoms with Gasteiger partial charge in [-0.15, -0.1) is 10.2 Å². The first-order chi connectivity index (χ1) is 17.2. The normalized spacial score (nSPS) is 22.5. The molecule has 0 saturated carbocycles. The second-order valence-corrected chi connectivity index (χ2v) is 9.98. The van der Waals surface area contributed by atoms with Crippen LogP contribution in [0.1, 0.15) is 18.4 Å². The smallest absolute Gasteiger partial charge is 0.169 e. The van der Waals surface area contributed by atoms with Crippen molar-refractivity contribution in [2.24, 2.45) is 0 Å². The van der Waals surface area contributed by atoms with E-state index < -0.39 is 0 Å². The number of piperazine rings is 2. The second kappa shape index (κ2) is 9.36. The number of hydrogen-bond donors (Lipinski definition) is 3. The Morgan fingerprint density at radius 3 is 2.43 bits per heavy atom. The van der Waals surface area contributed by atoms with E-state index >= 15 is 0 Å². The van der Waals surface area contributed by atoms with Crippen LogP contribution in [0, 0.1) is 0 Å². The number of anilines is 4. The highest BCUT2D eigenvalue weighted by molar-refractivity contribution is 5.78. The molecule has 4 heterocycles. The Morgan fingerprint density at radius 1 is 0.886 bits per heavy atom. The molecule has 182 valence electrons. The number of nitrogens with two attached hydrogens (primary N) is 2. The molecular weight excluding hydrogens is 436 g/mol. The van der Waals surface area contributed by atoms with Gasteiger partial charge < -0.3 is 26.6 Å². The number of nitrogens with one attached hydrogen (secondary N) is 1. The third-order valence-electron chi connectivity index (χ3n) is 7.69. The van der Waals surface area contributed by atoms with Crippen molar-refractivity contribution in [3.8, 4) is 11.3 Å². The molecule has 8 heteroatoms. The van der Waals surface area contributed by atoms with Gasteiger partial charge in [0.05, 0.1) is 11.4 Å². The average molecular weight is 471 g/mol. The third kappa shape index (κ3) is 4.39. The first-order valence-electron chi connectivity index (χ1n) is 12.7. The molecule has 2 atom stereocenters. The lowest BCUT2D eigenvalue weighted by Gasteiger charge is -2.43. The topological polar surface area (TPSA) is 99.6 Å². The van der Waals surface area contributed by atoms with Gasteiger partial charge in [0, 0.05) is 74.8 Å². The van der Waals surface area contributed by atoms with Gasteiger partial charge in [-0.1, -0.05) is 30.3 Å². The van der Waals surface area contributed by atoms with Crippen molar-refractivity contribution in [1.29, 1.82) is 0 Å². The minimum atomic E-state index is 0.459. The number of para-hydroxylation sites is 1. The molecule has 0 spiro atoms. The second-order valence-electron chi connectivity index (χ2n) is 9.98. The fraction of sp³-hybridized carbons (Fsp3) is 0.407. The van der Waals surface area contributed by atoms with Crippen LogP contribution in [0.3, 0.4) is 0 Å². The molecule has 1 aromatic heterocycles. The number of rotatable bonds is 5. The summed E-state index contributed by atoms with van der Waals surface area (Å²) in [4.78, 5) is 7.59. The minimum absolute atomic E-state index is 0.459. The van der Waals surface area contributed by atoms with Gasteiger partial charge in [-0.2, -0.15) is 0 Å². The lowest BCUT2D eigenvalue weighted by atomic mass is 10.1. The Kier molecular flexibility index (Phi) is 5.91. The van der Waals surface area contributed by atoms with Crippen LogP contribution in [-0.4, -0.2) is 66.4 Å². The molecule has 5 N–H and O–H groups in total. The molecule has 0 amide bonds. The number of nitrogens with zero attached hydrogens (tertiary/aromatic N) is 5. The van der Waals surface area contributed by atoms with Crippen molar-refractivity contribution in [3.63, 3.8) is 0 Å². The van der Waals surface area contributed by atoms with Crippen molar-refractivity contribution >= 4 is 22.9 Å². The van der Waals surface area contributed by atoms with Crippen molar-refractivity contribution in [2.45, 2.75) is 31.5 Å². The van der Waals surface area contributed by atoms with Gasteiger partial charge in [0.15, 0.2) is 5.82 Å². The SMILES string of the molecule is Nc1ccccc1-c1cc(N2CC3CCC(C2)N3c2cccc(CN3CCNCC3)c2)c(N)nn1. The lowest BCUT2D eigenvalue weighted by molar-refractivity contribution is 0.233. The van der Waals surface area contributed by atoms with Crippen molar-refractivity contribution in [2.75, 3.05) is 60.5 Å². The van der Waals surface area contributed by atoms with Crippen LogP contribution >= 0.6 is 0 Å². The maximum atomic E-state index is 6.33. The molecule has 0 radical (unpaired) electrons. The van der Waals surface area contributed by atoms with Gasteiger partial charge in [-0.3, -0.25) is 4.90 Å². The monoisotopic (exact) mass is 470 g/mol. The zero-order chi connectivity index (χ0) is 23.8. The molecule has 3 aliphatic heterocycles. The quantitative estimate of drug-likeness (QED) is 0.490. The molecule has 3 fully saturated rings. The van der Waals surface area contributed by atoms with Crippen LogP contribution in [0.4, 0.5) is 22.9 Å². The predicted molar refractivity (Wildman–Crippen MR) is 142 cm³/mol. The molecular formula is C27H34N8. The summed E-state index contributed by atoms with van der Waals surface area (Å²) >= 11 is 0. The fourth-order valence-electron chi connectivity index (χ4n) is 5.97. The van der Waals surface area contributed by atoms with Crippen LogP contribution < -0.4 is 26.6 Å². The highest BCUT2D eigenvalue weighted by atomic mass is 15.3. The third-order valence-corrected chi connectivity index (χ3v) is 7.69. The Labute approximate surface area is 206 Å². The lowest BCUT2D eigenvalue weighted by Crippen LogP contribution is -2.54. The summed E-state index contributed by atoms with van der Waals surface area (Å²) in [5.41, 5.74) is 18.6. The van der Waals surface area contributed by atoms with Gasteiger partial charge >= 0.3 is 0 Å². The molecule has 6 rings (SSSR count). The van der Waals surface area contributed by atoms with Crippen molar-refractivity contribution < 1.29 is 0 Å². The number of fused-ring (bicyclic) bond motifs is 2. The van der Waals surface area contributed by atoms with Crippen molar-refractivity contribution in [3.05, 3.63) is 60.2 Å². The van der Waals surface area contributed by atoms with Crippen LogP contribution in [0.15, 0.2) is 54.6 Å². The summed E-state index contributed by atoms with van der Waals surface area (Å²) < 4.78 is 0. The van der Waals surface area contributed by atoms with E-state index in [-0.39, 0.29) is 0 Å². The first kappa shape index (κ1) is 22.1. The fourth-order valence-corrected chi connectivity index (χ4v) is 5.97. The van der Waals surface area contributed by atoms with E-state index in [0.717, 1.165) is 62.8 Å². The molecule has 8 nitrogen and oxygen atoms in total. The van der Waals surface area contributed by atoms with E-state index in [9.17, 15) is 0 Å². The van der Waals surface area contributed by atoms with Gasteiger partial charge in [0.2, 0.25) is 0 Å². The zero-order valence-electron chi connectivity index (χ0n) is 20.1. The highest BCUT2D eigenvalue weighted by Gasteiger charge is 2.40. The van der Waals surface area contributed by atoms with Gasteiger partial charge in [0.1, 0.15) is 0 Å². The van der Waals surface area contributed by atoms with Gasteiger partial charge in [0.25, 0.3) is 0 Å². The Bertz CT molecular complexity index is 1180. The molecule has 2 aromatic carbocycles. The molecule has 0 aliphatic carbocycles. The maximum absolute atomic E-state index is 6.33. The summed E-state index contributed by atoms with van der Waals surface area (Å²) in [5, 5.41) is 12.1. The molecule has 2 bridgehead atoms. The largest absolute Gasteiger partial charge is 0.398 e. The summed E-state index contributed by atoms with van der Waals surface area (Å²) in [6.45, 7) is 7.28. The van der Waals surface area contributed by atoms with Gasteiger partial charge in [-0.25, -0.2) is 0 Å². The average Bonchev–Trinajstić information content (AvgIpc) is 3.15. The first-order valence-corrected chi connectivity index (χ1v) is 12.7. The van der Waals surface area contributed by atoms with E-state index in [1.165, 1.54) is 24.1 Å². The van der Waals surface area contributed by atoms with Crippen LogP contribution in [0.5, 0.6) is 0 Å². The van der Waals surface area contributed by atoms with Crippen molar-refractivity contribution in [1.82, 2.24) is 20.4 Å². The van der Waals surface area contributed by atoms with E-state index in [2.05, 4.69) is 60.5 Å². The number of nitrogen functional groups attached to an aromatic ring is 2. The summed E-state index contributed by atoms with van der Waals surface area (Å²) in [6.07, 6.45) is 2.39. The van der Waals surface area contributed by atoms with Crippen LogP contribution in [-0.2, 0) is 6.54 Å². The Morgan fingerprint density at radius 2 is 1.66 bits per heavy atom. The Hall–Kier alpha value is -3.36. The van der Waals surface area contributed by atoms with Gasteiger partial charge in [-0.05, 0) is 42.7 Å². The predicted octanol–water partition coefficient (Wildman–Crippen LogP) is 2.57. The summed E-state index contributed by atoms with van der Waals surface area (Å²) in [6, 6.07) is 19.9. The maximum Gasteiger partial charge on any atom is 0.169 e. The number of benzene rings is 2. The van der Waals surface area contributed by atoms with E-state index in [1.807, 2.05) is 24.3 Å². The number of hydrogen-bond acceptors (Lipinski definition) is 8. The summed E-state index contributed by atoms with van der Waals surface area (Å²) in [7, 11) is 0. The highest BCUT2D eigenvalue weighted by Crippen LogP contribution is 2.38. The standard InChI is InChI=1S/C27H34N8/c28-24-7-2-1-6-23(24)25-15-26(27(29)32-31-25)34-17-21-8-9-22(18-34)35(21)20-5-3-4-19(14-20)16-33-12-10-30-11-13-33/h1-7,14-15,21-22,30H,8-13,16-18,28H2,(H2,29,32).